The second-order valence-electron chi connectivity index (χ2n) is 8.21. The molecule has 0 radical (unpaired) electrons. The van der Waals surface area contributed by atoms with Gasteiger partial charge in [-0.2, -0.15) is 0 Å². The van der Waals surface area contributed by atoms with E-state index in [-0.39, 0.29) is 24.0 Å². The summed E-state index contributed by atoms with van der Waals surface area (Å²) in [5.41, 5.74) is 0. The van der Waals surface area contributed by atoms with Crippen LogP contribution in [0.1, 0.15) is 73.1 Å². The molecule has 1 rings (SSSR count). The fraction of sp³-hybridized carbons (Fsp3) is 0.955. The molecule has 1 saturated heterocycles. The van der Waals surface area contributed by atoms with E-state index in [1.807, 2.05) is 0 Å². The number of aliphatic imine (C=N–C) groups is 1. The summed E-state index contributed by atoms with van der Waals surface area (Å²) in [6, 6.07) is 0.466. The summed E-state index contributed by atoms with van der Waals surface area (Å²) in [7, 11) is 0. The van der Waals surface area contributed by atoms with Crippen molar-refractivity contribution in [2.24, 2.45) is 10.9 Å². The third kappa shape index (κ3) is 13.2. The summed E-state index contributed by atoms with van der Waals surface area (Å²) in [5, 5.41) is 6.98. The predicted octanol–water partition coefficient (Wildman–Crippen LogP) is 4.18. The normalized spacial score (nSPS) is 17.4. The van der Waals surface area contributed by atoms with E-state index in [9.17, 15) is 0 Å². The van der Waals surface area contributed by atoms with Crippen LogP contribution in [0.25, 0.3) is 0 Å². The van der Waals surface area contributed by atoms with Crippen molar-refractivity contribution >= 4 is 29.9 Å². The highest BCUT2D eigenvalue weighted by molar-refractivity contribution is 14.0. The lowest BCUT2D eigenvalue weighted by Crippen LogP contribution is -2.42. The molecule has 1 aliphatic rings. The van der Waals surface area contributed by atoms with E-state index in [0.29, 0.717) is 6.04 Å². The number of rotatable bonds is 13. The molecule has 0 aromatic heterocycles. The van der Waals surface area contributed by atoms with Crippen molar-refractivity contribution in [3.8, 4) is 0 Å². The van der Waals surface area contributed by atoms with Gasteiger partial charge in [0, 0.05) is 19.1 Å². The Labute approximate surface area is 192 Å². The van der Waals surface area contributed by atoms with Crippen molar-refractivity contribution in [3.05, 3.63) is 0 Å². The Morgan fingerprint density at radius 2 is 1.79 bits per heavy atom. The van der Waals surface area contributed by atoms with Crippen LogP contribution in [0.15, 0.2) is 4.99 Å². The Bertz CT molecular complexity index is 379. The smallest absolute Gasteiger partial charge is 0.191 e. The van der Waals surface area contributed by atoms with E-state index in [1.165, 1.54) is 64.7 Å². The van der Waals surface area contributed by atoms with Crippen LogP contribution in [0.2, 0.25) is 0 Å². The number of hydrogen-bond donors (Lipinski definition) is 2. The molecule has 0 aromatic rings. The third-order valence-corrected chi connectivity index (χ3v) is 5.76. The summed E-state index contributed by atoms with van der Waals surface area (Å²) < 4.78 is 0. The molecular weight excluding hydrogens is 461 g/mol. The fourth-order valence-corrected chi connectivity index (χ4v) is 3.71. The molecule has 6 heteroatoms. The SMILES string of the molecule is CCNC(=NCCCCN1CCC(C)CC1)NC(C)CCCN(CC)CC.I. The van der Waals surface area contributed by atoms with Crippen molar-refractivity contribution in [1.82, 2.24) is 20.4 Å². The number of halogens is 1. The summed E-state index contributed by atoms with van der Waals surface area (Å²) in [5.74, 6) is 1.91. The Kier molecular flexibility index (Phi) is 17.7. The maximum absolute atomic E-state index is 4.79. The number of piperidine rings is 1. The Morgan fingerprint density at radius 3 is 2.39 bits per heavy atom. The van der Waals surface area contributed by atoms with E-state index < -0.39 is 0 Å². The molecule has 5 nitrogen and oxygen atoms in total. The van der Waals surface area contributed by atoms with Crippen LogP contribution < -0.4 is 10.6 Å². The van der Waals surface area contributed by atoms with Crippen molar-refractivity contribution in [3.63, 3.8) is 0 Å². The molecule has 0 bridgehead atoms. The van der Waals surface area contributed by atoms with Gasteiger partial charge in [0.25, 0.3) is 0 Å². The zero-order valence-corrected chi connectivity index (χ0v) is 21.6. The molecule has 0 spiro atoms. The van der Waals surface area contributed by atoms with Gasteiger partial charge in [0.15, 0.2) is 5.96 Å². The second-order valence-corrected chi connectivity index (χ2v) is 8.21. The highest BCUT2D eigenvalue weighted by atomic mass is 127. The zero-order chi connectivity index (χ0) is 19.9. The molecule has 1 unspecified atom stereocenters. The lowest BCUT2D eigenvalue weighted by Gasteiger charge is -2.30. The van der Waals surface area contributed by atoms with E-state index >= 15 is 0 Å². The Balaban J connectivity index is 0.00000729. The average molecular weight is 510 g/mol. The first kappa shape index (κ1) is 27.9. The summed E-state index contributed by atoms with van der Waals surface area (Å²) in [4.78, 5) is 9.91. The molecule has 1 fully saturated rings. The Hall–Kier alpha value is -0.0800. The van der Waals surface area contributed by atoms with Crippen LogP contribution in [0.4, 0.5) is 0 Å². The summed E-state index contributed by atoms with van der Waals surface area (Å²) in [6.45, 7) is 20.4. The quantitative estimate of drug-likeness (QED) is 0.169. The number of unbranched alkanes of at least 4 members (excludes halogenated alkanes) is 1. The minimum atomic E-state index is 0. The number of likely N-dealkylation sites (tertiary alicyclic amines) is 1. The van der Waals surface area contributed by atoms with Gasteiger partial charge in [0.05, 0.1) is 0 Å². The fourth-order valence-electron chi connectivity index (χ4n) is 3.71. The molecule has 2 N–H and O–H groups in total. The molecular formula is C22H48IN5. The van der Waals surface area contributed by atoms with Crippen LogP contribution in [-0.2, 0) is 0 Å². The van der Waals surface area contributed by atoms with Gasteiger partial charge in [0.2, 0.25) is 0 Å². The minimum Gasteiger partial charge on any atom is -0.357 e. The maximum atomic E-state index is 4.79. The number of nitrogens with one attached hydrogen (secondary N) is 2. The van der Waals surface area contributed by atoms with E-state index in [0.717, 1.165) is 38.1 Å². The number of guanidine groups is 1. The van der Waals surface area contributed by atoms with Crippen LogP contribution in [0.3, 0.4) is 0 Å². The topological polar surface area (TPSA) is 42.9 Å². The highest BCUT2D eigenvalue weighted by Crippen LogP contribution is 2.16. The van der Waals surface area contributed by atoms with Crippen molar-refractivity contribution < 1.29 is 0 Å². The number of nitrogens with zero attached hydrogens (tertiary/aromatic N) is 3. The maximum Gasteiger partial charge on any atom is 0.191 e. The van der Waals surface area contributed by atoms with Crippen LogP contribution in [0, 0.1) is 5.92 Å². The second kappa shape index (κ2) is 17.8. The van der Waals surface area contributed by atoms with Crippen LogP contribution in [0.5, 0.6) is 0 Å². The molecule has 0 amide bonds. The monoisotopic (exact) mass is 509 g/mol. The molecule has 0 aromatic carbocycles. The lowest BCUT2D eigenvalue weighted by atomic mass is 9.99. The van der Waals surface area contributed by atoms with Crippen LogP contribution >= 0.6 is 24.0 Å². The lowest BCUT2D eigenvalue weighted by molar-refractivity contribution is 0.190. The van der Waals surface area contributed by atoms with Gasteiger partial charge in [-0.05, 0) is 97.6 Å². The molecule has 1 atom stereocenters. The first-order valence-corrected chi connectivity index (χ1v) is 11.6. The Morgan fingerprint density at radius 1 is 1.11 bits per heavy atom. The van der Waals surface area contributed by atoms with Crippen molar-refractivity contribution in [2.45, 2.75) is 79.2 Å². The first-order valence-electron chi connectivity index (χ1n) is 11.6. The van der Waals surface area contributed by atoms with Gasteiger partial charge in [-0.1, -0.05) is 20.8 Å². The molecule has 1 heterocycles. The zero-order valence-electron chi connectivity index (χ0n) is 19.3. The molecule has 0 aliphatic carbocycles. The van der Waals surface area contributed by atoms with E-state index in [1.54, 1.807) is 0 Å². The largest absolute Gasteiger partial charge is 0.357 e. The van der Waals surface area contributed by atoms with Gasteiger partial charge >= 0.3 is 0 Å². The number of hydrogen-bond acceptors (Lipinski definition) is 3. The van der Waals surface area contributed by atoms with Crippen LogP contribution in [-0.4, -0.2) is 74.2 Å². The molecule has 1 aliphatic heterocycles. The standard InChI is InChI=1S/C22H47N5.HI/c1-6-23-22(25-21(5)12-11-17-26(7-2)8-3)24-15-9-10-16-27-18-13-20(4)14-19-27;/h20-21H,6-19H2,1-5H3,(H2,23,24,25);1H. The molecule has 0 saturated carbocycles. The summed E-state index contributed by atoms with van der Waals surface area (Å²) in [6.07, 6.45) is 7.62. The van der Waals surface area contributed by atoms with E-state index in [4.69, 9.17) is 4.99 Å². The minimum absolute atomic E-state index is 0. The van der Waals surface area contributed by atoms with Crippen molar-refractivity contribution in [1.29, 1.82) is 0 Å². The van der Waals surface area contributed by atoms with Gasteiger partial charge in [-0.25, -0.2) is 0 Å². The predicted molar refractivity (Wildman–Crippen MR) is 135 cm³/mol. The van der Waals surface area contributed by atoms with Gasteiger partial charge in [-0.15, -0.1) is 24.0 Å². The molecule has 28 heavy (non-hydrogen) atoms. The van der Waals surface area contributed by atoms with Gasteiger partial charge < -0.3 is 20.4 Å². The van der Waals surface area contributed by atoms with Gasteiger partial charge in [0.1, 0.15) is 0 Å². The molecule has 168 valence electrons. The average Bonchev–Trinajstić information content (AvgIpc) is 2.66. The first-order chi connectivity index (χ1) is 13.1. The summed E-state index contributed by atoms with van der Waals surface area (Å²) >= 11 is 0. The van der Waals surface area contributed by atoms with E-state index in [2.05, 4.69) is 55.1 Å². The van der Waals surface area contributed by atoms with Gasteiger partial charge in [-0.3, -0.25) is 4.99 Å². The van der Waals surface area contributed by atoms with Crippen molar-refractivity contribution in [2.75, 3.05) is 52.4 Å². The third-order valence-electron chi connectivity index (χ3n) is 5.76. The highest BCUT2D eigenvalue weighted by Gasteiger charge is 2.14.